The van der Waals surface area contributed by atoms with Crippen LogP contribution in [0.2, 0.25) is 0 Å². The van der Waals surface area contributed by atoms with Crippen LogP contribution in [0.25, 0.3) is 0 Å². The molecule has 4 heterocycles. The van der Waals surface area contributed by atoms with Crippen LogP contribution in [0, 0.1) is 0 Å². The fourth-order valence-corrected chi connectivity index (χ4v) is 3.98. The molecule has 0 radical (unpaired) electrons. The molecule has 1 atom stereocenters. The van der Waals surface area contributed by atoms with Crippen molar-refractivity contribution in [1.29, 1.82) is 0 Å². The van der Waals surface area contributed by atoms with Crippen LogP contribution in [0.5, 0.6) is 5.88 Å². The molecule has 0 saturated carbocycles. The van der Waals surface area contributed by atoms with Crippen molar-refractivity contribution in [2.45, 2.75) is 44.6 Å². The van der Waals surface area contributed by atoms with E-state index in [4.69, 9.17) is 14.2 Å². The van der Waals surface area contributed by atoms with E-state index in [9.17, 15) is 4.79 Å². The third-order valence-electron chi connectivity index (χ3n) is 5.61. The maximum atomic E-state index is 12.7. The predicted octanol–water partition coefficient (Wildman–Crippen LogP) is 1.80. The Hall–Kier alpha value is -2.48. The number of carbonyl (C=O) groups excluding carboxylic acids is 1. The lowest BCUT2D eigenvalue weighted by molar-refractivity contribution is -0.132. The van der Waals surface area contributed by atoms with Crippen LogP contribution in [0.15, 0.2) is 16.8 Å². The minimum Gasteiger partial charge on any atom is -0.479 e. The van der Waals surface area contributed by atoms with Crippen LogP contribution in [0.3, 0.4) is 0 Å². The SMILES string of the molecule is COc1cc(CCC(=O)N2CCC[C@@H](c3ncc4c(n3)CCN(C)C4)C2)on1. The topological polar surface area (TPSA) is 84.6 Å². The van der Waals surface area contributed by atoms with Gasteiger partial charge in [-0.25, -0.2) is 9.97 Å². The molecule has 0 unspecified atom stereocenters. The summed E-state index contributed by atoms with van der Waals surface area (Å²) in [6.07, 6.45) is 5.89. The van der Waals surface area contributed by atoms with Gasteiger partial charge in [-0.1, -0.05) is 0 Å². The predicted molar refractivity (Wildman–Crippen MR) is 102 cm³/mol. The van der Waals surface area contributed by atoms with Crippen molar-refractivity contribution in [3.8, 4) is 5.88 Å². The van der Waals surface area contributed by atoms with Crippen molar-refractivity contribution < 1.29 is 14.1 Å². The lowest BCUT2D eigenvalue weighted by atomic mass is 9.96. The summed E-state index contributed by atoms with van der Waals surface area (Å²) in [6, 6.07) is 1.73. The van der Waals surface area contributed by atoms with E-state index >= 15 is 0 Å². The maximum Gasteiger partial charge on any atom is 0.254 e. The van der Waals surface area contributed by atoms with Crippen molar-refractivity contribution in [3.05, 3.63) is 35.1 Å². The maximum absolute atomic E-state index is 12.7. The zero-order valence-electron chi connectivity index (χ0n) is 16.6. The van der Waals surface area contributed by atoms with Gasteiger partial charge in [0, 0.05) is 74.9 Å². The molecule has 150 valence electrons. The van der Waals surface area contributed by atoms with E-state index in [0.29, 0.717) is 31.0 Å². The molecule has 0 N–H and O–H groups in total. The van der Waals surface area contributed by atoms with Crippen molar-refractivity contribution >= 4 is 5.91 Å². The molecule has 0 spiro atoms. The van der Waals surface area contributed by atoms with Gasteiger partial charge in [0.1, 0.15) is 11.6 Å². The Morgan fingerprint density at radius 2 is 2.29 bits per heavy atom. The molecule has 2 aliphatic rings. The summed E-state index contributed by atoms with van der Waals surface area (Å²) in [6.45, 7) is 3.44. The van der Waals surface area contributed by atoms with Crippen LogP contribution in [-0.2, 0) is 24.2 Å². The number of likely N-dealkylation sites (N-methyl/N-ethyl adjacent to an activating group) is 1. The fraction of sp³-hybridized carbons (Fsp3) is 0.600. The van der Waals surface area contributed by atoms with Crippen LogP contribution in [0.1, 0.15) is 48.0 Å². The molecule has 2 aliphatic heterocycles. The molecule has 2 aromatic heterocycles. The molecular weight excluding hydrogens is 358 g/mol. The number of hydrogen-bond donors (Lipinski definition) is 0. The number of aryl methyl sites for hydroxylation is 1. The normalized spacial score (nSPS) is 20.1. The minimum absolute atomic E-state index is 0.139. The van der Waals surface area contributed by atoms with Gasteiger partial charge in [-0.15, -0.1) is 0 Å². The van der Waals surface area contributed by atoms with E-state index in [0.717, 1.165) is 44.7 Å². The number of fused-ring (bicyclic) bond motifs is 1. The minimum atomic E-state index is 0.139. The van der Waals surface area contributed by atoms with Gasteiger partial charge in [-0.3, -0.25) is 4.79 Å². The Balaban J connectivity index is 1.36. The Labute approximate surface area is 164 Å². The highest BCUT2D eigenvalue weighted by atomic mass is 16.5. The molecule has 8 heteroatoms. The number of nitrogens with zero attached hydrogens (tertiary/aromatic N) is 5. The van der Waals surface area contributed by atoms with E-state index in [1.165, 1.54) is 11.3 Å². The highest BCUT2D eigenvalue weighted by Crippen LogP contribution is 2.27. The Bertz CT molecular complexity index is 837. The number of ether oxygens (including phenoxy) is 1. The third-order valence-corrected chi connectivity index (χ3v) is 5.61. The van der Waals surface area contributed by atoms with Gasteiger partial charge < -0.3 is 19.1 Å². The molecule has 28 heavy (non-hydrogen) atoms. The van der Waals surface area contributed by atoms with Gasteiger partial charge in [0.05, 0.1) is 7.11 Å². The zero-order valence-corrected chi connectivity index (χ0v) is 16.6. The Morgan fingerprint density at radius 3 is 3.11 bits per heavy atom. The molecular formula is C20H27N5O3. The molecule has 1 amide bonds. The smallest absolute Gasteiger partial charge is 0.254 e. The average molecular weight is 385 g/mol. The van der Waals surface area contributed by atoms with Gasteiger partial charge in [0.15, 0.2) is 0 Å². The second kappa shape index (κ2) is 8.26. The Kier molecular flexibility index (Phi) is 5.57. The van der Waals surface area contributed by atoms with E-state index in [1.807, 2.05) is 11.1 Å². The Morgan fingerprint density at radius 1 is 1.39 bits per heavy atom. The first kappa shape index (κ1) is 18.9. The van der Waals surface area contributed by atoms with Crippen molar-refractivity contribution in [2.75, 3.05) is 33.8 Å². The quantitative estimate of drug-likeness (QED) is 0.776. The average Bonchev–Trinajstić information content (AvgIpc) is 3.20. The highest BCUT2D eigenvalue weighted by Gasteiger charge is 2.27. The van der Waals surface area contributed by atoms with E-state index in [2.05, 4.69) is 22.1 Å². The molecule has 0 bridgehead atoms. The molecule has 0 aromatic carbocycles. The van der Waals surface area contributed by atoms with Gasteiger partial charge in [0.25, 0.3) is 5.88 Å². The number of rotatable bonds is 5. The molecule has 4 rings (SSSR count). The summed E-state index contributed by atoms with van der Waals surface area (Å²) in [5, 5.41) is 3.78. The number of piperidine rings is 1. The summed E-state index contributed by atoms with van der Waals surface area (Å²) in [5.41, 5.74) is 2.40. The standard InChI is InChI=1S/C20H27N5O3/c1-24-9-7-17-15(12-24)11-21-20(22-17)14-4-3-8-25(13-14)19(26)6-5-16-10-18(27-2)23-28-16/h10-11,14H,3-9,12-13H2,1-2H3/t14-/m1/s1. The second-order valence-corrected chi connectivity index (χ2v) is 7.70. The van der Waals surface area contributed by atoms with E-state index in [-0.39, 0.29) is 11.8 Å². The summed E-state index contributed by atoms with van der Waals surface area (Å²) in [5.74, 6) is 2.35. The summed E-state index contributed by atoms with van der Waals surface area (Å²) >= 11 is 0. The molecule has 8 nitrogen and oxygen atoms in total. The summed E-state index contributed by atoms with van der Waals surface area (Å²) in [4.78, 5) is 26.4. The van der Waals surface area contributed by atoms with Crippen LogP contribution in [-0.4, -0.2) is 64.6 Å². The monoisotopic (exact) mass is 385 g/mol. The van der Waals surface area contributed by atoms with Gasteiger partial charge >= 0.3 is 0 Å². The first-order valence-corrected chi connectivity index (χ1v) is 9.93. The number of likely N-dealkylation sites (tertiary alicyclic amines) is 1. The van der Waals surface area contributed by atoms with Crippen molar-refractivity contribution in [3.63, 3.8) is 0 Å². The zero-order chi connectivity index (χ0) is 19.5. The van der Waals surface area contributed by atoms with Gasteiger partial charge in [0.2, 0.25) is 5.91 Å². The first-order valence-electron chi connectivity index (χ1n) is 9.93. The number of aromatic nitrogens is 3. The number of amides is 1. The fourth-order valence-electron chi connectivity index (χ4n) is 3.98. The van der Waals surface area contributed by atoms with E-state index < -0.39 is 0 Å². The van der Waals surface area contributed by atoms with E-state index in [1.54, 1.807) is 13.2 Å². The van der Waals surface area contributed by atoms with Crippen molar-refractivity contribution in [2.24, 2.45) is 0 Å². The first-order chi connectivity index (χ1) is 13.6. The van der Waals surface area contributed by atoms with Crippen molar-refractivity contribution in [1.82, 2.24) is 24.9 Å². The second-order valence-electron chi connectivity index (χ2n) is 7.70. The molecule has 1 saturated heterocycles. The highest BCUT2D eigenvalue weighted by molar-refractivity contribution is 5.76. The summed E-state index contributed by atoms with van der Waals surface area (Å²) < 4.78 is 10.2. The van der Waals surface area contributed by atoms with Gasteiger partial charge in [-0.05, 0) is 25.0 Å². The third kappa shape index (κ3) is 4.16. The van der Waals surface area contributed by atoms with Gasteiger partial charge in [-0.2, -0.15) is 0 Å². The number of methoxy groups -OCH3 is 1. The van der Waals surface area contributed by atoms with Crippen LogP contribution in [0.4, 0.5) is 0 Å². The lowest BCUT2D eigenvalue weighted by Crippen LogP contribution is -2.39. The largest absolute Gasteiger partial charge is 0.479 e. The number of hydrogen-bond acceptors (Lipinski definition) is 7. The van der Waals surface area contributed by atoms with Crippen LogP contribution >= 0.6 is 0 Å². The molecule has 2 aromatic rings. The molecule has 0 aliphatic carbocycles. The number of carbonyl (C=O) groups is 1. The lowest BCUT2D eigenvalue weighted by Gasteiger charge is -2.32. The molecule has 1 fully saturated rings. The van der Waals surface area contributed by atoms with Crippen LogP contribution < -0.4 is 4.74 Å². The summed E-state index contributed by atoms with van der Waals surface area (Å²) in [7, 11) is 3.66.